The molecule has 0 spiro atoms. The highest BCUT2D eigenvalue weighted by molar-refractivity contribution is 7.13. The SMILES string of the molecule is CCN(CC)CCCc1nc(-c2cccs2)no1. The van der Waals surface area contributed by atoms with E-state index < -0.39 is 0 Å². The van der Waals surface area contributed by atoms with E-state index in [-0.39, 0.29) is 0 Å². The minimum Gasteiger partial charge on any atom is -0.339 e. The summed E-state index contributed by atoms with van der Waals surface area (Å²) in [5.41, 5.74) is 0. The van der Waals surface area contributed by atoms with Crippen LogP contribution in [-0.2, 0) is 6.42 Å². The molecule has 0 saturated carbocycles. The van der Waals surface area contributed by atoms with Crippen LogP contribution in [0.4, 0.5) is 0 Å². The summed E-state index contributed by atoms with van der Waals surface area (Å²) in [6.07, 6.45) is 1.92. The van der Waals surface area contributed by atoms with E-state index in [2.05, 4.69) is 28.9 Å². The number of aromatic nitrogens is 2. The molecule has 0 atom stereocenters. The van der Waals surface area contributed by atoms with Crippen molar-refractivity contribution in [2.45, 2.75) is 26.7 Å². The Morgan fingerprint density at radius 3 is 2.83 bits per heavy atom. The van der Waals surface area contributed by atoms with Gasteiger partial charge >= 0.3 is 0 Å². The normalized spacial score (nSPS) is 11.3. The Hall–Kier alpha value is -1.20. The molecule has 0 saturated heterocycles. The molecule has 0 aliphatic heterocycles. The number of hydrogen-bond acceptors (Lipinski definition) is 5. The minimum atomic E-state index is 0.711. The molecule has 0 aromatic carbocycles. The molecule has 0 radical (unpaired) electrons. The third kappa shape index (κ3) is 3.40. The van der Waals surface area contributed by atoms with Gasteiger partial charge < -0.3 is 9.42 Å². The molecule has 5 heteroatoms. The number of nitrogens with zero attached hydrogens (tertiary/aromatic N) is 3. The predicted molar refractivity (Wildman–Crippen MR) is 73.7 cm³/mol. The fraction of sp³-hybridized carbons (Fsp3) is 0.538. The summed E-state index contributed by atoms with van der Waals surface area (Å²) in [5.74, 6) is 1.45. The first-order valence-corrected chi connectivity index (χ1v) is 7.30. The molecule has 18 heavy (non-hydrogen) atoms. The van der Waals surface area contributed by atoms with Gasteiger partial charge in [0.15, 0.2) is 0 Å². The van der Waals surface area contributed by atoms with Crippen LogP contribution in [0.15, 0.2) is 22.0 Å². The number of thiophene rings is 1. The molecule has 2 aromatic heterocycles. The Bertz CT molecular complexity index is 449. The molecule has 2 aromatic rings. The fourth-order valence-electron chi connectivity index (χ4n) is 1.86. The quantitative estimate of drug-likeness (QED) is 0.771. The van der Waals surface area contributed by atoms with E-state index in [0.717, 1.165) is 43.2 Å². The van der Waals surface area contributed by atoms with Crippen molar-refractivity contribution in [3.8, 4) is 10.7 Å². The summed E-state index contributed by atoms with van der Waals surface area (Å²) in [7, 11) is 0. The van der Waals surface area contributed by atoms with Crippen molar-refractivity contribution in [3.05, 3.63) is 23.4 Å². The van der Waals surface area contributed by atoms with Gasteiger partial charge in [-0.3, -0.25) is 0 Å². The molecule has 0 N–H and O–H groups in total. The molecule has 0 bridgehead atoms. The van der Waals surface area contributed by atoms with Gasteiger partial charge in [0.25, 0.3) is 0 Å². The highest BCUT2D eigenvalue weighted by Gasteiger charge is 2.09. The summed E-state index contributed by atoms with van der Waals surface area (Å²) in [4.78, 5) is 7.88. The van der Waals surface area contributed by atoms with E-state index in [0.29, 0.717) is 5.82 Å². The Morgan fingerprint density at radius 2 is 2.17 bits per heavy atom. The predicted octanol–water partition coefficient (Wildman–Crippen LogP) is 3.07. The first kappa shape index (κ1) is 13.2. The molecule has 2 rings (SSSR count). The van der Waals surface area contributed by atoms with Gasteiger partial charge in [0.2, 0.25) is 11.7 Å². The number of hydrogen-bond donors (Lipinski definition) is 0. The first-order valence-electron chi connectivity index (χ1n) is 6.42. The molecule has 0 aliphatic carbocycles. The zero-order valence-corrected chi connectivity index (χ0v) is 11.7. The molecule has 98 valence electrons. The van der Waals surface area contributed by atoms with Crippen LogP contribution in [0.5, 0.6) is 0 Å². The van der Waals surface area contributed by atoms with Crippen molar-refractivity contribution in [1.29, 1.82) is 0 Å². The summed E-state index contributed by atoms with van der Waals surface area (Å²) in [6.45, 7) is 7.65. The van der Waals surface area contributed by atoms with Crippen molar-refractivity contribution >= 4 is 11.3 Å². The lowest BCUT2D eigenvalue weighted by Gasteiger charge is -2.16. The molecular weight excluding hydrogens is 246 g/mol. The topological polar surface area (TPSA) is 42.2 Å². The fourth-order valence-corrected chi connectivity index (χ4v) is 2.51. The van der Waals surface area contributed by atoms with Gasteiger partial charge in [-0.05, 0) is 37.5 Å². The molecule has 0 amide bonds. The van der Waals surface area contributed by atoms with Crippen molar-refractivity contribution in [2.24, 2.45) is 0 Å². The number of aryl methyl sites for hydroxylation is 1. The maximum absolute atomic E-state index is 5.26. The van der Waals surface area contributed by atoms with Crippen LogP contribution in [0.2, 0.25) is 0 Å². The maximum atomic E-state index is 5.26. The molecule has 0 aliphatic rings. The lowest BCUT2D eigenvalue weighted by molar-refractivity contribution is 0.291. The molecule has 0 unspecified atom stereocenters. The Labute approximate surface area is 112 Å². The van der Waals surface area contributed by atoms with E-state index >= 15 is 0 Å². The highest BCUT2D eigenvalue weighted by Crippen LogP contribution is 2.21. The lowest BCUT2D eigenvalue weighted by atomic mass is 10.3. The van der Waals surface area contributed by atoms with Crippen molar-refractivity contribution in [2.75, 3.05) is 19.6 Å². The van der Waals surface area contributed by atoms with Gasteiger partial charge in [0.1, 0.15) is 0 Å². The van der Waals surface area contributed by atoms with Crippen LogP contribution >= 0.6 is 11.3 Å². The van der Waals surface area contributed by atoms with Crippen LogP contribution in [0.25, 0.3) is 10.7 Å². The number of rotatable bonds is 7. The first-order chi connectivity index (χ1) is 8.83. The van der Waals surface area contributed by atoms with Crippen LogP contribution in [0.3, 0.4) is 0 Å². The van der Waals surface area contributed by atoms with Crippen LogP contribution < -0.4 is 0 Å². The van der Waals surface area contributed by atoms with E-state index in [1.165, 1.54) is 0 Å². The minimum absolute atomic E-state index is 0.711. The van der Waals surface area contributed by atoms with Gasteiger partial charge in [-0.2, -0.15) is 4.98 Å². The molecule has 4 nitrogen and oxygen atoms in total. The zero-order chi connectivity index (χ0) is 12.8. The average Bonchev–Trinajstić information content (AvgIpc) is 3.05. The summed E-state index contributed by atoms with van der Waals surface area (Å²) in [6, 6.07) is 4.01. The molecule has 0 fully saturated rings. The van der Waals surface area contributed by atoms with Crippen molar-refractivity contribution in [1.82, 2.24) is 15.0 Å². The summed E-state index contributed by atoms with van der Waals surface area (Å²) < 4.78 is 5.26. The van der Waals surface area contributed by atoms with Gasteiger partial charge in [-0.1, -0.05) is 25.1 Å². The average molecular weight is 265 g/mol. The largest absolute Gasteiger partial charge is 0.339 e. The molecular formula is C13H19N3OS. The van der Waals surface area contributed by atoms with Gasteiger partial charge in [0, 0.05) is 6.42 Å². The van der Waals surface area contributed by atoms with E-state index in [1.54, 1.807) is 11.3 Å². The second kappa shape index (κ2) is 6.66. The second-order valence-electron chi connectivity index (χ2n) is 4.12. The van der Waals surface area contributed by atoms with E-state index in [9.17, 15) is 0 Å². The van der Waals surface area contributed by atoms with E-state index in [1.807, 2.05) is 17.5 Å². The summed E-state index contributed by atoms with van der Waals surface area (Å²) >= 11 is 1.63. The standard InChI is InChI=1S/C13H19N3OS/c1-3-16(4-2)9-5-8-12-14-13(15-17-12)11-7-6-10-18-11/h6-7,10H,3-5,8-9H2,1-2H3. The Morgan fingerprint density at radius 1 is 1.33 bits per heavy atom. The third-order valence-electron chi connectivity index (χ3n) is 2.97. The zero-order valence-electron chi connectivity index (χ0n) is 10.9. The van der Waals surface area contributed by atoms with Crippen LogP contribution in [-0.4, -0.2) is 34.7 Å². The maximum Gasteiger partial charge on any atom is 0.227 e. The lowest BCUT2D eigenvalue weighted by Crippen LogP contribution is -2.24. The van der Waals surface area contributed by atoms with Gasteiger partial charge in [0.05, 0.1) is 4.88 Å². The third-order valence-corrected chi connectivity index (χ3v) is 3.83. The highest BCUT2D eigenvalue weighted by atomic mass is 32.1. The smallest absolute Gasteiger partial charge is 0.227 e. The van der Waals surface area contributed by atoms with Crippen molar-refractivity contribution < 1.29 is 4.52 Å². The van der Waals surface area contributed by atoms with Crippen LogP contribution in [0, 0.1) is 0 Å². The van der Waals surface area contributed by atoms with Gasteiger partial charge in [-0.15, -0.1) is 11.3 Å². The second-order valence-corrected chi connectivity index (χ2v) is 5.07. The van der Waals surface area contributed by atoms with E-state index in [4.69, 9.17) is 4.52 Å². The van der Waals surface area contributed by atoms with Crippen LogP contribution in [0.1, 0.15) is 26.2 Å². The Kier molecular flexibility index (Phi) is 4.90. The molecule has 2 heterocycles. The Balaban J connectivity index is 1.84. The van der Waals surface area contributed by atoms with Crippen molar-refractivity contribution in [3.63, 3.8) is 0 Å². The monoisotopic (exact) mass is 265 g/mol. The van der Waals surface area contributed by atoms with Gasteiger partial charge in [-0.25, -0.2) is 0 Å². The summed E-state index contributed by atoms with van der Waals surface area (Å²) in [5, 5.41) is 6.03.